The summed E-state index contributed by atoms with van der Waals surface area (Å²) < 4.78 is 0. The maximum Gasteiger partial charge on any atom is 0.255 e. The fraction of sp³-hybridized carbons (Fsp3) is 0.188. The van der Waals surface area contributed by atoms with E-state index in [2.05, 4.69) is 0 Å². The van der Waals surface area contributed by atoms with Crippen LogP contribution in [0.5, 0.6) is 0 Å². The quantitative estimate of drug-likeness (QED) is 0.817. The van der Waals surface area contributed by atoms with Gasteiger partial charge in [-0.25, -0.2) is 0 Å². The molecular weight excluding hydrogens is 272 g/mol. The number of nitrogens with two attached hydrogens (primary N) is 1. The van der Waals surface area contributed by atoms with Gasteiger partial charge in [0.05, 0.1) is 10.6 Å². The van der Waals surface area contributed by atoms with Gasteiger partial charge in [-0.05, 0) is 47.9 Å². The van der Waals surface area contributed by atoms with Crippen LogP contribution < -0.4 is 5.73 Å². The highest BCUT2D eigenvalue weighted by Gasteiger charge is 2.25. The van der Waals surface area contributed by atoms with Gasteiger partial charge in [0.2, 0.25) is 0 Å². The van der Waals surface area contributed by atoms with Crippen molar-refractivity contribution in [2.75, 3.05) is 5.73 Å². The zero-order chi connectivity index (χ0) is 14.3. The Morgan fingerprint density at radius 2 is 1.90 bits per heavy atom. The summed E-state index contributed by atoms with van der Waals surface area (Å²) in [5.74, 6) is -0.0372. The largest absolute Gasteiger partial charge is 0.399 e. The van der Waals surface area contributed by atoms with Gasteiger partial charge in [0.25, 0.3) is 5.91 Å². The lowest BCUT2D eigenvalue weighted by Crippen LogP contribution is -2.25. The first-order valence-corrected chi connectivity index (χ1v) is 6.85. The molecule has 0 saturated heterocycles. The van der Waals surface area contributed by atoms with E-state index in [1.165, 1.54) is 0 Å². The van der Waals surface area contributed by atoms with E-state index in [9.17, 15) is 4.79 Å². The number of hydrogen-bond acceptors (Lipinski definition) is 2. The third kappa shape index (κ3) is 2.25. The summed E-state index contributed by atoms with van der Waals surface area (Å²) in [5.41, 5.74) is 10.4. The van der Waals surface area contributed by atoms with Gasteiger partial charge in [-0.1, -0.05) is 23.7 Å². The summed E-state index contributed by atoms with van der Waals surface area (Å²) in [5, 5.41) is 0.505. The Morgan fingerprint density at radius 1 is 1.15 bits per heavy atom. The lowest BCUT2D eigenvalue weighted by molar-refractivity contribution is 0.0751. The summed E-state index contributed by atoms with van der Waals surface area (Å²) in [6.45, 7) is 3.15. The van der Waals surface area contributed by atoms with Crippen LogP contribution in [0.4, 0.5) is 5.69 Å². The van der Waals surface area contributed by atoms with Crippen LogP contribution >= 0.6 is 11.6 Å². The molecule has 0 bridgehead atoms. The predicted octanol–water partition coefficient (Wildman–Crippen LogP) is 3.39. The van der Waals surface area contributed by atoms with Crippen LogP contribution in [0.25, 0.3) is 0 Å². The second-order valence-electron chi connectivity index (χ2n) is 5.17. The molecule has 0 spiro atoms. The lowest BCUT2D eigenvalue weighted by Gasteiger charge is -2.16. The normalized spacial score (nSPS) is 13.4. The highest BCUT2D eigenvalue weighted by molar-refractivity contribution is 6.33. The molecule has 2 N–H and O–H groups in total. The zero-order valence-corrected chi connectivity index (χ0v) is 11.9. The number of carbonyl (C=O) groups excluding carboxylic acids is 1. The van der Waals surface area contributed by atoms with Crippen molar-refractivity contribution in [2.45, 2.75) is 20.0 Å². The molecule has 0 atom stereocenters. The molecule has 20 heavy (non-hydrogen) atoms. The monoisotopic (exact) mass is 286 g/mol. The number of anilines is 1. The molecule has 2 aromatic carbocycles. The Bertz CT molecular complexity index is 697. The van der Waals surface area contributed by atoms with E-state index in [1.807, 2.05) is 37.3 Å². The highest BCUT2D eigenvalue weighted by atomic mass is 35.5. The van der Waals surface area contributed by atoms with Crippen LogP contribution in [0.1, 0.15) is 27.0 Å². The van der Waals surface area contributed by atoms with E-state index in [0.29, 0.717) is 23.7 Å². The maximum atomic E-state index is 12.5. The topological polar surface area (TPSA) is 46.3 Å². The minimum atomic E-state index is -0.0372. The van der Waals surface area contributed by atoms with Gasteiger partial charge in [0.1, 0.15) is 0 Å². The average Bonchev–Trinajstić information content (AvgIpc) is 2.81. The van der Waals surface area contributed by atoms with E-state index in [1.54, 1.807) is 11.0 Å². The molecular formula is C16H15ClN2O. The van der Waals surface area contributed by atoms with Crippen LogP contribution in [0.15, 0.2) is 36.4 Å². The number of aryl methyl sites for hydroxylation is 1. The minimum absolute atomic E-state index is 0.0372. The average molecular weight is 287 g/mol. The van der Waals surface area contributed by atoms with Crippen LogP contribution in [0, 0.1) is 6.92 Å². The van der Waals surface area contributed by atoms with E-state index in [4.69, 9.17) is 17.3 Å². The molecule has 3 nitrogen and oxygen atoms in total. The number of nitrogens with zero attached hydrogens (tertiary/aromatic N) is 1. The van der Waals surface area contributed by atoms with Crippen molar-refractivity contribution in [1.29, 1.82) is 0 Å². The van der Waals surface area contributed by atoms with Gasteiger partial charge >= 0.3 is 0 Å². The molecule has 0 aromatic heterocycles. The van der Waals surface area contributed by atoms with E-state index < -0.39 is 0 Å². The Hall–Kier alpha value is -2.00. The summed E-state index contributed by atoms with van der Waals surface area (Å²) in [6.07, 6.45) is 0. The summed E-state index contributed by atoms with van der Waals surface area (Å²) in [6, 6.07) is 11.3. The highest BCUT2D eigenvalue weighted by Crippen LogP contribution is 2.28. The Kier molecular flexibility index (Phi) is 3.14. The molecule has 0 radical (unpaired) electrons. The number of carbonyl (C=O) groups is 1. The molecule has 0 fully saturated rings. The number of fused-ring (bicyclic) bond motifs is 1. The molecule has 1 heterocycles. The predicted molar refractivity (Wildman–Crippen MR) is 80.6 cm³/mol. The van der Waals surface area contributed by atoms with Crippen molar-refractivity contribution in [3.8, 4) is 0 Å². The zero-order valence-electron chi connectivity index (χ0n) is 11.2. The first-order valence-electron chi connectivity index (χ1n) is 6.47. The lowest BCUT2D eigenvalue weighted by atomic mass is 10.1. The number of hydrogen-bond donors (Lipinski definition) is 1. The summed E-state index contributed by atoms with van der Waals surface area (Å²) in [7, 11) is 0. The number of nitrogen functional groups attached to an aromatic ring is 1. The van der Waals surface area contributed by atoms with Crippen LogP contribution in [-0.4, -0.2) is 10.8 Å². The van der Waals surface area contributed by atoms with Crippen molar-refractivity contribution in [3.63, 3.8) is 0 Å². The summed E-state index contributed by atoms with van der Waals surface area (Å²) >= 11 is 6.17. The number of benzene rings is 2. The van der Waals surface area contributed by atoms with Crippen molar-refractivity contribution < 1.29 is 4.79 Å². The molecule has 0 saturated carbocycles. The molecule has 0 unspecified atom stereocenters. The Balaban J connectivity index is 1.87. The van der Waals surface area contributed by atoms with Gasteiger partial charge in [0.15, 0.2) is 0 Å². The van der Waals surface area contributed by atoms with E-state index >= 15 is 0 Å². The number of rotatable bonds is 1. The number of halogens is 1. The molecule has 4 heteroatoms. The standard InChI is InChI=1S/C16H15ClN2O/c1-10-2-5-14(15(17)6-10)16(20)19-8-11-3-4-13(18)7-12(11)9-19/h2-7H,8-9,18H2,1H3. The van der Waals surface area contributed by atoms with Gasteiger partial charge in [-0.3, -0.25) is 4.79 Å². The SMILES string of the molecule is Cc1ccc(C(=O)N2Cc3ccc(N)cc3C2)c(Cl)c1. The van der Waals surface area contributed by atoms with Crippen molar-refractivity contribution in [1.82, 2.24) is 4.90 Å². The fourth-order valence-electron chi connectivity index (χ4n) is 2.52. The van der Waals surface area contributed by atoms with Gasteiger partial charge in [-0.2, -0.15) is 0 Å². The molecule has 1 aliphatic heterocycles. The van der Waals surface area contributed by atoms with Gasteiger partial charge in [0, 0.05) is 18.8 Å². The van der Waals surface area contributed by atoms with Crippen molar-refractivity contribution in [3.05, 3.63) is 63.7 Å². The third-order valence-corrected chi connectivity index (χ3v) is 3.91. The van der Waals surface area contributed by atoms with Crippen LogP contribution in [0.3, 0.4) is 0 Å². The van der Waals surface area contributed by atoms with Crippen molar-refractivity contribution in [2.24, 2.45) is 0 Å². The molecule has 3 rings (SSSR count). The Morgan fingerprint density at radius 3 is 2.65 bits per heavy atom. The summed E-state index contributed by atoms with van der Waals surface area (Å²) in [4.78, 5) is 14.3. The van der Waals surface area contributed by atoms with Crippen molar-refractivity contribution >= 4 is 23.2 Å². The second kappa shape index (κ2) is 4.84. The maximum absolute atomic E-state index is 12.5. The van der Waals surface area contributed by atoms with E-state index in [-0.39, 0.29) is 5.91 Å². The minimum Gasteiger partial charge on any atom is -0.399 e. The molecule has 0 aliphatic carbocycles. The molecule has 102 valence electrons. The Labute approximate surface area is 123 Å². The van der Waals surface area contributed by atoms with Crippen LogP contribution in [0.2, 0.25) is 5.02 Å². The second-order valence-corrected chi connectivity index (χ2v) is 5.58. The van der Waals surface area contributed by atoms with Gasteiger partial charge < -0.3 is 10.6 Å². The number of amides is 1. The first-order chi connectivity index (χ1) is 9.54. The third-order valence-electron chi connectivity index (χ3n) is 3.59. The van der Waals surface area contributed by atoms with Gasteiger partial charge in [-0.15, -0.1) is 0 Å². The fourth-order valence-corrected chi connectivity index (χ4v) is 2.84. The van der Waals surface area contributed by atoms with Crippen LogP contribution in [-0.2, 0) is 13.1 Å². The molecule has 1 aliphatic rings. The molecule has 2 aromatic rings. The molecule has 1 amide bonds. The van der Waals surface area contributed by atoms with E-state index in [0.717, 1.165) is 22.4 Å². The smallest absolute Gasteiger partial charge is 0.255 e. The first kappa shape index (κ1) is 13.0.